The third kappa shape index (κ3) is 2.44. The Morgan fingerprint density at radius 3 is 2.38 bits per heavy atom. The van der Waals surface area contributed by atoms with Crippen LogP contribution in [0.5, 0.6) is 5.75 Å². The van der Waals surface area contributed by atoms with Crippen molar-refractivity contribution in [2.45, 2.75) is 19.3 Å². The molecule has 0 spiro atoms. The lowest BCUT2D eigenvalue weighted by molar-refractivity contribution is -0.142. The number of ether oxygens (including phenoxy) is 1. The summed E-state index contributed by atoms with van der Waals surface area (Å²) < 4.78 is 7.12. The first-order valence-electron chi connectivity index (χ1n) is 4.58. The van der Waals surface area contributed by atoms with Crippen LogP contribution in [-0.4, -0.2) is 18.2 Å². The van der Waals surface area contributed by atoms with Crippen molar-refractivity contribution in [3.05, 3.63) is 24.8 Å². The summed E-state index contributed by atoms with van der Waals surface area (Å²) in [7, 11) is 1.59. The number of benzene rings is 1. The molecular formula is C11H12I2O3. The van der Waals surface area contributed by atoms with Gasteiger partial charge in [-0.2, -0.15) is 0 Å². The lowest BCUT2D eigenvalue weighted by atomic mass is 9.85. The number of carbonyl (C=O) groups is 1. The Kier molecular flexibility index (Phi) is 4.44. The summed E-state index contributed by atoms with van der Waals surface area (Å²) in [4.78, 5) is 11.2. The van der Waals surface area contributed by atoms with Crippen LogP contribution in [-0.2, 0) is 10.2 Å². The minimum Gasteiger partial charge on any atom is -0.495 e. The number of hydrogen-bond acceptors (Lipinski definition) is 2. The van der Waals surface area contributed by atoms with E-state index in [9.17, 15) is 9.90 Å². The molecule has 16 heavy (non-hydrogen) atoms. The Hall–Kier alpha value is -0.0500. The van der Waals surface area contributed by atoms with Crippen molar-refractivity contribution < 1.29 is 14.6 Å². The highest BCUT2D eigenvalue weighted by Crippen LogP contribution is 2.36. The number of halogens is 2. The first-order chi connectivity index (χ1) is 7.32. The van der Waals surface area contributed by atoms with E-state index in [-0.39, 0.29) is 0 Å². The number of carboxylic acids is 1. The van der Waals surface area contributed by atoms with Crippen LogP contribution in [0.3, 0.4) is 0 Å². The molecule has 0 aliphatic carbocycles. The maximum Gasteiger partial charge on any atom is 0.313 e. The van der Waals surface area contributed by atoms with Gasteiger partial charge in [-0.25, -0.2) is 0 Å². The molecule has 0 unspecified atom stereocenters. The van der Waals surface area contributed by atoms with E-state index in [1.54, 1.807) is 21.0 Å². The van der Waals surface area contributed by atoms with Crippen LogP contribution in [0.25, 0.3) is 0 Å². The van der Waals surface area contributed by atoms with Gasteiger partial charge in [-0.15, -0.1) is 0 Å². The highest BCUT2D eigenvalue weighted by Gasteiger charge is 2.32. The standard InChI is InChI=1S/C11H12I2O3/c1-11(2,10(14)15)6-4-5-7(12)9(16-3)8(6)13/h4-5H,1-3H3,(H,14,15). The minimum absolute atomic E-state index is 0.744. The van der Waals surface area contributed by atoms with Crippen molar-refractivity contribution in [2.75, 3.05) is 7.11 Å². The van der Waals surface area contributed by atoms with Gasteiger partial charge in [0.1, 0.15) is 5.75 Å². The maximum absolute atomic E-state index is 11.2. The van der Waals surface area contributed by atoms with Crippen LogP contribution < -0.4 is 4.74 Å². The fraction of sp³-hybridized carbons (Fsp3) is 0.364. The average molecular weight is 446 g/mol. The highest BCUT2D eigenvalue weighted by atomic mass is 127. The molecule has 3 nitrogen and oxygen atoms in total. The smallest absolute Gasteiger partial charge is 0.313 e. The van der Waals surface area contributed by atoms with E-state index < -0.39 is 11.4 Å². The number of carboxylic acid groups (broad SMARTS) is 1. The van der Waals surface area contributed by atoms with Gasteiger partial charge in [-0.3, -0.25) is 4.79 Å². The van der Waals surface area contributed by atoms with Crippen molar-refractivity contribution in [1.82, 2.24) is 0 Å². The lowest BCUT2D eigenvalue weighted by Gasteiger charge is -2.22. The molecule has 0 radical (unpaired) electrons. The second kappa shape index (κ2) is 5.07. The summed E-state index contributed by atoms with van der Waals surface area (Å²) in [5, 5.41) is 9.21. The van der Waals surface area contributed by atoms with Gasteiger partial charge in [0.2, 0.25) is 0 Å². The molecule has 0 aliphatic rings. The molecule has 0 amide bonds. The van der Waals surface area contributed by atoms with Crippen molar-refractivity contribution >= 4 is 51.2 Å². The van der Waals surface area contributed by atoms with Crippen molar-refractivity contribution in [3.63, 3.8) is 0 Å². The Balaban J connectivity index is 3.42. The van der Waals surface area contributed by atoms with E-state index in [4.69, 9.17) is 4.74 Å². The topological polar surface area (TPSA) is 46.5 Å². The van der Waals surface area contributed by atoms with Gasteiger partial charge in [0, 0.05) is 0 Å². The summed E-state index contributed by atoms with van der Waals surface area (Å²) in [6, 6.07) is 3.72. The van der Waals surface area contributed by atoms with Crippen LogP contribution in [0.2, 0.25) is 0 Å². The summed E-state index contributed by atoms with van der Waals surface area (Å²) in [5.41, 5.74) is -0.133. The van der Waals surface area contributed by atoms with E-state index >= 15 is 0 Å². The Bertz CT molecular complexity index is 427. The summed E-state index contributed by atoms with van der Waals surface area (Å²) >= 11 is 4.30. The summed E-state index contributed by atoms with van der Waals surface area (Å²) in [6.07, 6.45) is 0. The predicted molar refractivity (Wildman–Crippen MR) is 79.1 cm³/mol. The zero-order chi connectivity index (χ0) is 12.5. The second-order valence-corrected chi connectivity index (χ2v) is 6.11. The third-order valence-corrected chi connectivity index (χ3v) is 4.38. The lowest BCUT2D eigenvalue weighted by Crippen LogP contribution is -2.29. The summed E-state index contributed by atoms with van der Waals surface area (Å²) in [5.74, 6) is -0.0956. The fourth-order valence-electron chi connectivity index (χ4n) is 1.32. The quantitative estimate of drug-likeness (QED) is 0.726. The number of rotatable bonds is 3. The molecule has 0 saturated heterocycles. The Morgan fingerprint density at radius 1 is 1.38 bits per heavy atom. The Morgan fingerprint density at radius 2 is 1.94 bits per heavy atom. The van der Waals surface area contributed by atoms with Crippen molar-refractivity contribution in [3.8, 4) is 5.75 Å². The normalized spacial score (nSPS) is 11.3. The van der Waals surface area contributed by atoms with Crippen molar-refractivity contribution in [1.29, 1.82) is 0 Å². The zero-order valence-electron chi connectivity index (χ0n) is 9.17. The van der Waals surface area contributed by atoms with Crippen LogP contribution >= 0.6 is 45.2 Å². The molecule has 0 bridgehead atoms. The molecule has 88 valence electrons. The van der Waals surface area contributed by atoms with Crippen molar-refractivity contribution in [2.24, 2.45) is 0 Å². The molecule has 0 aliphatic heterocycles. The SMILES string of the molecule is COc1c(I)ccc(C(C)(C)C(=O)O)c1I. The maximum atomic E-state index is 11.2. The van der Waals surface area contributed by atoms with Gasteiger partial charge in [-0.1, -0.05) is 6.07 Å². The van der Waals surface area contributed by atoms with Crippen LogP contribution in [0.1, 0.15) is 19.4 Å². The van der Waals surface area contributed by atoms with E-state index in [2.05, 4.69) is 45.2 Å². The van der Waals surface area contributed by atoms with Gasteiger partial charge < -0.3 is 9.84 Å². The van der Waals surface area contributed by atoms with E-state index in [1.807, 2.05) is 12.1 Å². The van der Waals surface area contributed by atoms with Gasteiger partial charge in [0.05, 0.1) is 19.7 Å². The molecule has 0 heterocycles. The third-order valence-electron chi connectivity index (χ3n) is 2.46. The molecule has 0 atom stereocenters. The number of hydrogen-bond donors (Lipinski definition) is 1. The van der Waals surface area contributed by atoms with E-state index in [0.29, 0.717) is 0 Å². The van der Waals surface area contributed by atoms with E-state index in [0.717, 1.165) is 18.5 Å². The zero-order valence-corrected chi connectivity index (χ0v) is 13.5. The first-order valence-corrected chi connectivity index (χ1v) is 6.74. The minimum atomic E-state index is -0.909. The molecule has 0 saturated carbocycles. The van der Waals surface area contributed by atoms with Gasteiger partial charge in [0.25, 0.3) is 0 Å². The van der Waals surface area contributed by atoms with Gasteiger partial charge in [0.15, 0.2) is 0 Å². The van der Waals surface area contributed by atoms with E-state index in [1.165, 1.54) is 0 Å². The molecule has 1 aromatic rings. The predicted octanol–water partition coefficient (Wildman–Crippen LogP) is 3.27. The second-order valence-electron chi connectivity index (χ2n) is 3.87. The molecule has 1 N–H and O–H groups in total. The largest absolute Gasteiger partial charge is 0.495 e. The molecule has 1 aromatic carbocycles. The van der Waals surface area contributed by atoms with Crippen LogP contribution in [0.4, 0.5) is 0 Å². The molecule has 0 fully saturated rings. The van der Waals surface area contributed by atoms with Gasteiger partial charge in [-0.05, 0) is 70.7 Å². The monoisotopic (exact) mass is 446 g/mol. The average Bonchev–Trinajstić information content (AvgIpc) is 2.17. The molecule has 1 rings (SSSR count). The van der Waals surface area contributed by atoms with Gasteiger partial charge >= 0.3 is 5.97 Å². The number of aliphatic carboxylic acids is 1. The number of methoxy groups -OCH3 is 1. The fourth-order valence-corrected chi connectivity index (χ4v) is 3.87. The Labute approximate surface area is 122 Å². The first kappa shape index (κ1) is 14.0. The van der Waals surface area contributed by atoms with Crippen LogP contribution in [0.15, 0.2) is 12.1 Å². The molecular weight excluding hydrogens is 434 g/mol. The molecule has 5 heteroatoms. The summed E-state index contributed by atoms with van der Waals surface area (Å²) in [6.45, 7) is 3.39. The molecule has 0 aromatic heterocycles. The van der Waals surface area contributed by atoms with Crippen LogP contribution in [0, 0.1) is 7.14 Å². The highest BCUT2D eigenvalue weighted by molar-refractivity contribution is 14.1.